The molecule has 0 amide bonds. The molecular formula is C8H7BrN2O3S. The van der Waals surface area contributed by atoms with E-state index in [1.165, 1.54) is 12.1 Å². The molecule has 2 N–H and O–H groups in total. The molecule has 0 spiro atoms. The van der Waals surface area contributed by atoms with Crippen LogP contribution in [0.1, 0.15) is 0 Å². The fourth-order valence-corrected chi connectivity index (χ4v) is 1.99. The summed E-state index contributed by atoms with van der Waals surface area (Å²) in [7, 11) is -3.72. The first kappa shape index (κ1) is 11.8. The minimum absolute atomic E-state index is 0.0413. The van der Waals surface area contributed by atoms with Gasteiger partial charge in [0.15, 0.2) is 11.5 Å². The van der Waals surface area contributed by atoms with Crippen LogP contribution in [0, 0.1) is 11.3 Å². The number of benzene rings is 1. The molecule has 1 aromatic rings. The Hall–Kier alpha value is -1.26. The zero-order valence-corrected chi connectivity index (χ0v) is 9.84. The van der Waals surface area contributed by atoms with Crippen LogP contribution in [0.2, 0.25) is 0 Å². The van der Waals surface area contributed by atoms with E-state index in [-0.39, 0.29) is 11.4 Å². The van der Waals surface area contributed by atoms with Crippen LogP contribution in [0.15, 0.2) is 22.7 Å². The Morgan fingerprint density at radius 3 is 2.80 bits per heavy atom. The van der Waals surface area contributed by atoms with Gasteiger partial charge < -0.3 is 5.11 Å². The molecule has 0 aliphatic heterocycles. The highest BCUT2D eigenvalue weighted by molar-refractivity contribution is 9.10. The maximum Gasteiger partial charge on any atom is 0.246 e. The summed E-state index contributed by atoms with van der Waals surface area (Å²) in [5.41, 5.74) is 0.0413. The van der Waals surface area contributed by atoms with Gasteiger partial charge in [0.1, 0.15) is 0 Å². The van der Waals surface area contributed by atoms with Gasteiger partial charge in [-0.3, -0.25) is 4.72 Å². The number of nitrogens with one attached hydrogen (secondary N) is 1. The monoisotopic (exact) mass is 290 g/mol. The standard InChI is InChI=1S/C8H7BrN2O3S/c9-6-2-1-3-7(8(6)12)11-15(13,14)5-4-10/h1-3,11-12H,5H2. The summed E-state index contributed by atoms with van der Waals surface area (Å²) in [6.07, 6.45) is 0. The Labute approximate surface area is 95.5 Å². The van der Waals surface area contributed by atoms with Crippen molar-refractivity contribution in [1.82, 2.24) is 0 Å². The third-order valence-electron chi connectivity index (χ3n) is 1.51. The van der Waals surface area contributed by atoms with Gasteiger partial charge in [0.05, 0.1) is 16.2 Å². The van der Waals surface area contributed by atoms with E-state index in [0.29, 0.717) is 4.47 Å². The number of sulfonamides is 1. The molecule has 80 valence electrons. The second-order valence-electron chi connectivity index (χ2n) is 2.66. The van der Waals surface area contributed by atoms with Crippen molar-refractivity contribution in [2.45, 2.75) is 0 Å². The van der Waals surface area contributed by atoms with E-state index in [2.05, 4.69) is 20.7 Å². The SMILES string of the molecule is N#CCS(=O)(=O)Nc1cccc(Br)c1O. The maximum absolute atomic E-state index is 11.2. The number of nitrogens with zero attached hydrogens (tertiary/aromatic N) is 1. The third-order valence-corrected chi connectivity index (χ3v) is 3.19. The van der Waals surface area contributed by atoms with Gasteiger partial charge in [-0.25, -0.2) is 8.42 Å². The number of anilines is 1. The summed E-state index contributed by atoms with van der Waals surface area (Å²) >= 11 is 3.04. The van der Waals surface area contributed by atoms with Crippen molar-refractivity contribution in [2.24, 2.45) is 0 Å². The summed E-state index contributed by atoms with van der Waals surface area (Å²) in [4.78, 5) is 0. The van der Waals surface area contributed by atoms with Crippen molar-refractivity contribution in [3.63, 3.8) is 0 Å². The first-order chi connectivity index (χ1) is 6.96. The fourth-order valence-electron chi connectivity index (χ4n) is 0.886. The van der Waals surface area contributed by atoms with Crippen molar-refractivity contribution < 1.29 is 13.5 Å². The number of nitriles is 1. The van der Waals surface area contributed by atoms with Crippen LogP contribution < -0.4 is 4.72 Å². The molecule has 0 bridgehead atoms. The molecule has 0 aromatic heterocycles. The minimum Gasteiger partial charge on any atom is -0.505 e. The van der Waals surface area contributed by atoms with Crippen LogP contribution in [-0.4, -0.2) is 19.3 Å². The number of para-hydroxylation sites is 1. The van der Waals surface area contributed by atoms with Crippen LogP contribution in [0.4, 0.5) is 5.69 Å². The lowest BCUT2D eigenvalue weighted by atomic mass is 10.3. The van der Waals surface area contributed by atoms with E-state index < -0.39 is 15.8 Å². The van der Waals surface area contributed by atoms with Gasteiger partial charge >= 0.3 is 0 Å². The van der Waals surface area contributed by atoms with Crippen LogP contribution in [0.3, 0.4) is 0 Å². The molecule has 1 aromatic carbocycles. The molecule has 0 aliphatic rings. The van der Waals surface area contributed by atoms with Crippen LogP contribution in [-0.2, 0) is 10.0 Å². The average Bonchev–Trinajstić information content (AvgIpc) is 2.12. The zero-order chi connectivity index (χ0) is 11.5. The zero-order valence-electron chi connectivity index (χ0n) is 7.44. The topological polar surface area (TPSA) is 90.2 Å². The molecule has 1 rings (SSSR count). The van der Waals surface area contributed by atoms with Crippen molar-refractivity contribution in [1.29, 1.82) is 5.26 Å². The summed E-state index contributed by atoms with van der Waals surface area (Å²) in [6.45, 7) is 0. The lowest BCUT2D eigenvalue weighted by Crippen LogP contribution is -2.15. The van der Waals surface area contributed by atoms with E-state index in [9.17, 15) is 13.5 Å². The summed E-state index contributed by atoms with van der Waals surface area (Å²) in [5, 5.41) is 17.7. The van der Waals surface area contributed by atoms with Gasteiger partial charge in [0, 0.05) is 0 Å². The molecule has 0 saturated carbocycles. The molecule has 0 aliphatic carbocycles. The predicted octanol–water partition coefficient (Wildman–Crippen LogP) is 1.42. The van der Waals surface area contributed by atoms with Gasteiger partial charge in [-0.05, 0) is 28.1 Å². The van der Waals surface area contributed by atoms with E-state index in [4.69, 9.17) is 5.26 Å². The molecular weight excluding hydrogens is 284 g/mol. The van der Waals surface area contributed by atoms with Gasteiger partial charge in [-0.15, -0.1) is 0 Å². The molecule has 15 heavy (non-hydrogen) atoms. The first-order valence-electron chi connectivity index (χ1n) is 3.81. The second kappa shape index (κ2) is 4.51. The highest BCUT2D eigenvalue weighted by atomic mass is 79.9. The highest BCUT2D eigenvalue weighted by Gasteiger charge is 2.13. The third kappa shape index (κ3) is 3.11. The maximum atomic E-state index is 11.2. The molecule has 0 heterocycles. The number of phenols is 1. The molecule has 0 atom stereocenters. The van der Waals surface area contributed by atoms with Gasteiger partial charge in [-0.2, -0.15) is 5.26 Å². The largest absolute Gasteiger partial charge is 0.505 e. The Bertz CT molecular complexity index is 507. The van der Waals surface area contributed by atoms with Crippen molar-refractivity contribution in [3.8, 4) is 11.8 Å². The lowest BCUT2D eigenvalue weighted by molar-refractivity contribution is 0.474. The normalized spacial score (nSPS) is 10.7. The van der Waals surface area contributed by atoms with E-state index in [0.717, 1.165) is 0 Å². The number of hydrogen-bond acceptors (Lipinski definition) is 4. The van der Waals surface area contributed by atoms with Gasteiger partial charge in [0.25, 0.3) is 0 Å². The Morgan fingerprint density at radius 2 is 2.20 bits per heavy atom. The van der Waals surface area contributed by atoms with E-state index >= 15 is 0 Å². The smallest absolute Gasteiger partial charge is 0.246 e. The number of rotatable bonds is 3. The number of halogens is 1. The van der Waals surface area contributed by atoms with Crippen LogP contribution in [0.25, 0.3) is 0 Å². The van der Waals surface area contributed by atoms with Gasteiger partial charge in [0.2, 0.25) is 10.0 Å². The van der Waals surface area contributed by atoms with Crippen LogP contribution in [0.5, 0.6) is 5.75 Å². The predicted molar refractivity (Wildman–Crippen MR) is 58.8 cm³/mol. The lowest BCUT2D eigenvalue weighted by Gasteiger charge is -2.07. The molecule has 5 nitrogen and oxygen atoms in total. The molecule has 0 saturated heterocycles. The minimum atomic E-state index is -3.72. The summed E-state index contributed by atoms with van der Waals surface area (Å²) < 4.78 is 24.9. The molecule has 0 radical (unpaired) electrons. The van der Waals surface area contributed by atoms with Gasteiger partial charge in [-0.1, -0.05) is 6.07 Å². The van der Waals surface area contributed by atoms with E-state index in [1.807, 2.05) is 0 Å². The Morgan fingerprint density at radius 1 is 1.53 bits per heavy atom. The Kier molecular flexibility index (Phi) is 3.55. The molecule has 7 heteroatoms. The number of hydrogen-bond donors (Lipinski definition) is 2. The number of phenolic OH excluding ortho intramolecular Hbond substituents is 1. The fraction of sp³-hybridized carbons (Fsp3) is 0.125. The van der Waals surface area contributed by atoms with Crippen molar-refractivity contribution in [2.75, 3.05) is 10.5 Å². The average molecular weight is 291 g/mol. The Balaban J connectivity index is 3.02. The molecule has 0 unspecified atom stereocenters. The molecule has 0 fully saturated rings. The number of aromatic hydroxyl groups is 1. The van der Waals surface area contributed by atoms with Crippen LogP contribution >= 0.6 is 15.9 Å². The quantitative estimate of drug-likeness (QED) is 0.824. The van der Waals surface area contributed by atoms with E-state index in [1.54, 1.807) is 12.1 Å². The van der Waals surface area contributed by atoms with Crippen molar-refractivity contribution in [3.05, 3.63) is 22.7 Å². The first-order valence-corrected chi connectivity index (χ1v) is 6.26. The second-order valence-corrected chi connectivity index (χ2v) is 5.23. The highest BCUT2D eigenvalue weighted by Crippen LogP contribution is 2.31. The summed E-state index contributed by atoms with van der Waals surface area (Å²) in [5.74, 6) is -0.863. The summed E-state index contributed by atoms with van der Waals surface area (Å²) in [6, 6.07) is 6.05. The van der Waals surface area contributed by atoms with Crippen molar-refractivity contribution >= 4 is 31.6 Å².